The van der Waals surface area contributed by atoms with E-state index >= 15 is 0 Å². The van der Waals surface area contributed by atoms with Crippen molar-refractivity contribution in [2.24, 2.45) is 5.92 Å². The van der Waals surface area contributed by atoms with Crippen molar-refractivity contribution in [3.05, 3.63) is 59.7 Å². The largest absolute Gasteiger partial charge is 0.0654 e. The number of benzene rings is 2. The van der Waals surface area contributed by atoms with Gasteiger partial charge in [0.1, 0.15) is 0 Å². The first kappa shape index (κ1) is 26.1. The smallest absolute Gasteiger partial charge is 0.0162 e. The second-order valence-corrected chi connectivity index (χ2v) is 10.8. The molecule has 0 atom stereocenters. The van der Waals surface area contributed by atoms with Gasteiger partial charge in [0.05, 0.1) is 0 Å². The molecule has 1 aliphatic carbocycles. The molecule has 0 amide bonds. The maximum atomic E-state index is 2.41. The van der Waals surface area contributed by atoms with Crippen LogP contribution in [0, 0.1) is 5.92 Å². The Balaban J connectivity index is 1.39. The molecule has 182 valence electrons. The quantitative estimate of drug-likeness (QED) is 0.239. The Hall–Kier alpha value is -1.56. The lowest BCUT2D eigenvalue weighted by atomic mass is 9.77. The second-order valence-electron chi connectivity index (χ2n) is 10.8. The fourth-order valence-electron chi connectivity index (χ4n) is 5.74. The van der Waals surface area contributed by atoms with E-state index in [1.54, 1.807) is 5.56 Å². The highest BCUT2D eigenvalue weighted by atomic mass is 14.3. The van der Waals surface area contributed by atoms with Gasteiger partial charge in [0.15, 0.2) is 0 Å². The molecule has 0 aromatic heterocycles. The fraction of sp³-hybridized carbons (Fsp3) is 0.636. The molecular weight excluding hydrogens is 396 g/mol. The molecule has 0 saturated heterocycles. The zero-order valence-electron chi connectivity index (χ0n) is 21.8. The van der Waals surface area contributed by atoms with Crippen LogP contribution in [0.15, 0.2) is 48.5 Å². The van der Waals surface area contributed by atoms with Gasteiger partial charge >= 0.3 is 0 Å². The Kier molecular flexibility index (Phi) is 12.1. The van der Waals surface area contributed by atoms with Gasteiger partial charge in [-0.3, -0.25) is 0 Å². The molecule has 2 aromatic carbocycles. The summed E-state index contributed by atoms with van der Waals surface area (Å²) in [5.41, 5.74) is 5.79. The van der Waals surface area contributed by atoms with Gasteiger partial charge in [-0.2, -0.15) is 0 Å². The molecule has 1 aliphatic rings. The number of hydrogen-bond donors (Lipinski definition) is 0. The molecule has 2 aromatic rings. The first-order valence-corrected chi connectivity index (χ1v) is 14.5. The van der Waals surface area contributed by atoms with Gasteiger partial charge in [-0.25, -0.2) is 0 Å². The summed E-state index contributed by atoms with van der Waals surface area (Å²) in [4.78, 5) is 0. The van der Waals surface area contributed by atoms with Gasteiger partial charge in [-0.1, -0.05) is 133 Å². The Morgan fingerprint density at radius 2 is 1.06 bits per heavy atom. The van der Waals surface area contributed by atoms with Crippen molar-refractivity contribution in [2.75, 3.05) is 0 Å². The van der Waals surface area contributed by atoms with Gasteiger partial charge in [0.2, 0.25) is 0 Å². The van der Waals surface area contributed by atoms with Crippen LogP contribution < -0.4 is 0 Å². The summed E-state index contributed by atoms with van der Waals surface area (Å²) in [6.45, 7) is 4.60. The average Bonchev–Trinajstić information content (AvgIpc) is 2.87. The van der Waals surface area contributed by atoms with E-state index in [4.69, 9.17) is 0 Å². The summed E-state index contributed by atoms with van der Waals surface area (Å²) < 4.78 is 0. The predicted octanol–water partition coefficient (Wildman–Crippen LogP) is 10.9. The molecule has 0 spiro atoms. The molecule has 0 nitrogen and oxygen atoms in total. The average molecular weight is 447 g/mol. The maximum absolute atomic E-state index is 2.41. The van der Waals surface area contributed by atoms with Crippen LogP contribution in [-0.4, -0.2) is 0 Å². The molecule has 1 saturated carbocycles. The number of rotatable bonds is 15. The van der Waals surface area contributed by atoms with Crippen LogP contribution in [0.1, 0.15) is 134 Å². The topological polar surface area (TPSA) is 0 Å². The minimum Gasteiger partial charge on any atom is -0.0654 e. The Morgan fingerprint density at radius 3 is 1.67 bits per heavy atom. The van der Waals surface area contributed by atoms with Gasteiger partial charge in [-0.15, -0.1) is 0 Å². The summed E-state index contributed by atoms with van der Waals surface area (Å²) >= 11 is 0. The monoisotopic (exact) mass is 446 g/mol. The Morgan fingerprint density at radius 1 is 0.545 bits per heavy atom. The fourth-order valence-corrected chi connectivity index (χ4v) is 5.74. The molecule has 0 radical (unpaired) electrons. The van der Waals surface area contributed by atoms with Crippen molar-refractivity contribution >= 4 is 0 Å². The first-order chi connectivity index (χ1) is 16.3. The van der Waals surface area contributed by atoms with E-state index in [1.165, 1.54) is 126 Å². The van der Waals surface area contributed by atoms with Crippen LogP contribution in [0.2, 0.25) is 0 Å². The van der Waals surface area contributed by atoms with Crippen LogP contribution in [0.25, 0.3) is 11.1 Å². The molecule has 33 heavy (non-hydrogen) atoms. The number of hydrogen-bond acceptors (Lipinski definition) is 0. The minimum absolute atomic E-state index is 0.787. The van der Waals surface area contributed by atoms with Crippen molar-refractivity contribution in [2.45, 2.75) is 129 Å². The van der Waals surface area contributed by atoms with Crippen molar-refractivity contribution in [3.63, 3.8) is 0 Å². The number of aryl methyl sites for hydroxylation is 1. The van der Waals surface area contributed by atoms with Crippen LogP contribution in [0.3, 0.4) is 0 Å². The lowest BCUT2D eigenvalue weighted by molar-refractivity contribution is 0.302. The van der Waals surface area contributed by atoms with Crippen LogP contribution in [0.5, 0.6) is 0 Å². The zero-order valence-corrected chi connectivity index (χ0v) is 21.8. The first-order valence-electron chi connectivity index (χ1n) is 14.5. The van der Waals surface area contributed by atoms with Crippen LogP contribution in [0.4, 0.5) is 0 Å². The van der Waals surface area contributed by atoms with E-state index in [0.717, 1.165) is 11.8 Å². The lowest BCUT2D eigenvalue weighted by Crippen LogP contribution is -2.13. The van der Waals surface area contributed by atoms with E-state index in [2.05, 4.69) is 62.4 Å². The maximum Gasteiger partial charge on any atom is -0.0162 e. The Bertz CT molecular complexity index is 731. The van der Waals surface area contributed by atoms with Crippen molar-refractivity contribution in [1.82, 2.24) is 0 Å². The predicted molar refractivity (Wildman–Crippen MR) is 147 cm³/mol. The third kappa shape index (κ3) is 9.30. The van der Waals surface area contributed by atoms with Crippen LogP contribution >= 0.6 is 0 Å². The molecule has 0 bridgehead atoms. The lowest BCUT2D eigenvalue weighted by Gasteiger charge is -2.29. The summed E-state index contributed by atoms with van der Waals surface area (Å²) in [6, 6.07) is 18.9. The summed E-state index contributed by atoms with van der Waals surface area (Å²) in [5, 5.41) is 0. The minimum atomic E-state index is 0.787. The molecular formula is C33H50. The summed E-state index contributed by atoms with van der Waals surface area (Å²) in [6.07, 6.45) is 23.8. The van der Waals surface area contributed by atoms with E-state index in [-0.39, 0.29) is 0 Å². The third-order valence-electron chi connectivity index (χ3n) is 8.05. The second kappa shape index (κ2) is 15.4. The SMILES string of the molecule is CCCCCCCCCc1ccc(-c2ccc(C3CCC(CCCCCC)CC3)cc2)cc1. The normalized spacial score (nSPS) is 18.5. The molecule has 0 heterocycles. The molecule has 0 aliphatic heterocycles. The van der Waals surface area contributed by atoms with Crippen LogP contribution in [-0.2, 0) is 6.42 Å². The highest BCUT2D eigenvalue weighted by Gasteiger charge is 2.22. The van der Waals surface area contributed by atoms with Crippen molar-refractivity contribution in [3.8, 4) is 11.1 Å². The van der Waals surface area contributed by atoms with E-state index in [1.807, 2.05) is 0 Å². The zero-order chi connectivity index (χ0) is 23.1. The molecule has 3 rings (SSSR count). The summed E-state index contributed by atoms with van der Waals surface area (Å²) in [7, 11) is 0. The Labute approximate surface area is 205 Å². The standard InChI is InChI=1S/C33H50/c1-3-5-7-9-10-11-13-15-29-18-22-31(23-19-29)33-26-24-32(25-27-33)30-20-16-28(17-21-30)14-12-8-6-4-2/h18-19,22-28,30H,3-17,20-21H2,1-2H3. The van der Waals surface area contributed by atoms with Crippen molar-refractivity contribution in [1.29, 1.82) is 0 Å². The number of unbranched alkanes of at least 4 members (excludes halogenated alkanes) is 9. The highest BCUT2D eigenvalue weighted by Crippen LogP contribution is 2.38. The highest BCUT2D eigenvalue weighted by molar-refractivity contribution is 5.64. The van der Waals surface area contributed by atoms with Gasteiger partial charge in [0.25, 0.3) is 0 Å². The van der Waals surface area contributed by atoms with Crippen molar-refractivity contribution < 1.29 is 0 Å². The van der Waals surface area contributed by atoms with E-state index in [9.17, 15) is 0 Å². The van der Waals surface area contributed by atoms with Gasteiger partial charge in [-0.05, 0) is 72.6 Å². The molecule has 0 N–H and O–H groups in total. The summed E-state index contributed by atoms with van der Waals surface area (Å²) in [5.74, 6) is 1.78. The molecule has 1 fully saturated rings. The molecule has 0 unspecified atom stereocenters. The van der Waals surface area contributed by atoms with E-state index < -0.39 is 0 Å². The van der Waals surface area contributed by atoms with E-state index in [0.29, 0.717) is 0 Å². The van der Waals surface area contributed by atoms with Gasteiger partial charge < -0.3 is 0 Å². The van der Waals surface area contributed by atoms with Gasteiger partial charge in [0, 0.05) is 0 Å². The molecule has 0 heteroatoms. The third-order valence-corrected chi connectivity index (χ3v) is 8.05.